The Hall–Kier alpha value is -4.78. The quantitative estimate of drug-likeness (QED) is 0.341. The molecular weight excluding hydrogens is 502 g/mol. The van der Waals surface area contributed by atoms with Crippen molar-refractivity contribution in [2.45, 2.75) is 31.8 Å². The van der Waals surface area contributed by atoms with Gasteiger partial charge in [0.15, 0.2) is 0 Å². The third kappa shape index (κ3) is 3.72. The molecule has 0 N–H and O–H groups in total. The Balaban J connectivity index is 1.27. The minimum atomic E-state index is -0.476. The lowest BCUT2D eigenvalue weighted by atomic mass is 9.94. The van der Waals surface area contributed by atoms with Crippen LogP contribution in [0.25, 0.3) is 10.8 Å². The fraction of sp³-hybridized carbons (Fsp3) is 0.212. The van der Waals surface area contributed by atoms with E-state index in [1.54, 1.807) is 34.1 Å². The molecule has 0 spiro atoms. The van der Waals surface area contributed by atoms with E-state index in [1.165, 1.54) is 0 Å². The van der Waals surface area contributed by atoms with Crippen LogP contribution < -0.4 is 9.80 Å². The monoisotopic (exact) mass is 529 g/mol. The maximum absolute atomic E-state index is 14.2. The van der Waals surface area contributed by atoms with E-state index in [1.807, 2.05) is 66.7 Å². The average Bonchev–Trinajstić information content (AvgIpc) is 3.44. The lowest BCUT2D eigenvalue weighted by Crippen LogP contribution is -2.51. The van der Waals surface area contributed by atoms with Crippen LogP contribution in [0.5, 0.6) is 0 Å². The van der Waals surface area contributed by atoms with Gasteiger partial charge in [-0.3, -0.25) is 24.1 Å². The minimum Gasteiger partial charge on any atom is -0.306 e. The zero-order valence-electron chi connectivity index (χ0n) is 21.8. The van der Waals surface area contributed by atoms with Gasteiger partial charge in [-0.05, 0) is 48.1 Å². The molecule has 4 aromatic rings. The van der Waals surface area contributed by atoms with E-state index in [0.717, 1.165) is 22.3 Å². The van der Waals surface area contributed by atoms with Crippen molar-refractivity contribution < 1.29 is 19.2 Å². The SMILES string of the molecule is O=C1c2cccc3cccc(c23)C(=O)N1CC(=O)N1c2ccccc2N(Cc2ccccc2)C(=O)[C@H]2CCC[C@H]21. The molecule has 2 heterocycles. The fourth-order valence-corrected chi connectivity index (χ4v) is 6.62. The second-order valence-electron chi connectivity index (χ2n) is 10.7. The molecule has 0 saturated heterocycles. The van der Waals surface area contributed by atoms with Crippen molar-refractivity contribution in [3.05, 3.63) is 108 Å². The van der Waals surface area contributed by atoms with Gasteiger partial charge in [0.1, 0.15) is 6.54 Å². The van der Waals surface area contributed by atoms with Gasteiger partial charge in [0.05, 0.1) is 23.8 Å². The summed E-state index contributed by atoms with van der Waals surface area (Å²) in [6, 6.07) is 27.6. The highest BCUT2D eigenvalue weighted by molar-refractivity contribution is 6.26. The van der Waals surface area contributed by atoms with Crippen LogP contribution in [0.3, 0.4) is 0 Å². The van der Waals surface area contributed by atoms with Crippen LogP contribution in [0.2, 0.25) is 0 Å². The molecule has 4 amide bonds. The first-order chi connectivity index (χ1) is 19.5. The number of carbonyl (C=O) groups is 4. The van der Waals surface area contributed by atoms with Crippen LogP contribution in [-0.2, 0) is 16.1 Å². The van der Waals surface area contributed by atoms with Crippen LogP contribution >= 0.6 is 0 Å². The van der Waals surface area contributed by atoms with E-state index in [2.05, 4.69) is 0 Å². The molecule has 7 heteroatoms. The Kier molecular flexibility index (Phi) is 5.73. The number of rotatable bonds is 4. The third-order valence-electron chi connectivity index (χ3n) is 8.43. The summed E-state index contributed by atoms with van der Waals surface area (Å²) in [5.74, 6) is -1.68. The van der Waals surface area contributed by atoms with Crippen molar-refractivity contribution in [1.82, 2.24) is 4.90 Å². The van der Waals surface area contributed by atoms with E-state index in [9.17, 15) is 19.2 Å². The highest BCUT2D eigenvalue weighted by Crippen LogP contribution is 2.43. The van der Waals surface area contributed by atoms with E-state index < -0.39 is 18.4 Å². The molecular formula is C33H27N3O4. The van der Waals surface area contributed by atoms with Crippen LogP contribution in [0.15, 0.2) is 91.0 Å². The van der Waals surface area contributed by atoms with Gasteiger partial charge in [-0.1, -0.05) is 73.2 Å². The zero-order chi connectivity index (χ0) is 27.4. The van der Waals surface area contributed by atoms with Crippen molar-refractivity contribution in [3.63, 3.8) is 0 Å². The second kappa shape index (κ2) is 9.45. The zero-order valence-corrected chi connectivity index (χ0v) is 21.8. The highest BCUT2D eigenvalue weighted by Gasteiger charge is 2.46. The van der Waals surface area contributed by atoms with Crippen LogP contribution in [0.4, 0.5) is 11.4 Å². The lowest BCUT2D eigenvalue weighted by molar-refractivity contribution is -0.123. The molecule has 2 aliphatic heterocycles. The number of nitrogens with zero attached hydrogens (tertiary/aromatic N) is 3. The number of para-hydroxylation sites is 2. The van der Waals surface area contributed by atoms with Gasteiger partial charge >= 0.3 is 0 Å². The largest absolute Gasteiger partial charge is 0.306 e. The molecule has 1 saturated carbocycles. The summed E-state index contributed by atoms with van der Waals surface area (Å²) < 4.78 is 0. The molecule has 198 valence electrons. The average molecular weight is 530 g/mol. The summed E-state index contributed by atoms with van der Waals surface area (Å²) in [4.78, 5) is 59.8. The molecule has 7 nitrogen and oxygen atoms in total. The van der Waals surface area contributed by atoms with E-state index in [4.69, 9.17) is 0 Å². The molecule has 0 unspecified atom stereocenters. The molecule has 0 bridgehead atoms. The number of hydrogen-bond donors (Lipinski definition) is 0. The summed E-state index contributed by atoms with van der Waals surface area (Å²) in [6.07, 6.45) is 2.19. The minimum absolute atomic E-state index is 0.000154. The number of imide groups is 1. The summed E-state index contributed by atoms with van der Waals surface area (Å²) in [5, 5.41) is 1.44. The van der Waals surface area contributed by atoms with Crippen LogP contribution in [0, 0.1) is 5.92 Å². The molecule has 0 aromatic heterocycles. The van der Waals surface area contributed by atoms with Crippen molar-refractivity contribution >= 4 is 45.8 Å². The summed E-state index contributed by atoms with van der Waals surface area (Å²) in [6.45, 7) is -0.00135. The first-order valence-electron chi connectivity index (χ1n) is 13.7. The van der Waals surface area contributed by atoms with Gasteiger partial charge in [0, 0.05) is 22.6 Å². The van der Waals surface area contributed by atoms with Gasteiger partial charge in [-0.25, -0.2) is 0 Å². The van der Waals surface area contributed by atoms with Gasteiger partial charge in [-0.15, -0.1) is 0 Å². The van der Waals surface area contributed by atoms with E-state index in [-0.39, 0.29) is 23.8 Å². The number of anilines is 2. The molecule has 7 rings (SSSR count). The number of amides is 4. The lowest BCUT2D eigenvalue weighted by Gasteiger charge is -2.33. The Morgan fingerprint density at radius 3 is 2.05 bits per heavy atom. The number of carbonyl (C=O) groups excluding carboxylic acids is 4. The summed E-state index contributed by atoms with van der Waals surface area (Å²) >= 11 is 0. The standard InChI is InChI=1S/C33H27N3O4/c37-29(20-35-32(39)24-14-6-11-22-12-7-15-25(30(22)24)33(35)40)36-26-18-8-13-23(26)31(38)34(19-21-9-2-1-3-10-21)27-16-4-5-17-28(27)36/h1-7,9-12,14-17,23,26H,8,13,18-20H2/t23-,26+/m0/s1. The number of hydrogen-bond acceptors (Lipinski definition) is 4. The third-order valence-corrected chi connectivity index (χ3v) is 8.43. The normalized spacial score (nSPS) is 20.0. The first kappa shape index (κ1) is 24.3. The topological polar surface area (TPSA) is 78.0 Å². The second-order valence-corrected chi connectivity index (χ2v) is 10.7. The predicted octanol–water partition coefficient (Wildman–Crippen LogP) is 5.18. The van der Waals surface area contributed by atoms with Crippen LogP contribution in [-0.4, -0.2) is 41.1 Å². The summed E-state index contributed by atoms with van der Waals surface area (Å²) in [7, 11) is 0. The number of fused-ring (bicyclic) bond motifs is 2. The molecule has 1 fully saturated rings. The Morgan fingerprint density at radius 1 is 0.700 bits per heavy atom. The molecule has 2 atom stereocenters. The van der Waals surface area contributed by atoms with Crippen molar-refractivity contribution in [3.8, 4) is 0 Å². The van der Waals surface area contributed by atoms with Crippen molar-refractivity contribution in [2.24, 2.45) is 5.92 Å². The molecule has 3 aliphatic rings. The van der Waals surface area contributed by atoms with Crippen LogP contribution in [0.1, 0.15) is 45.5 Å². The highest BCUT2D eigenvalue weighted by atomic mass is 16.2. The van der Waals surface area contributed by atoms with Gasteiger partial charge in [0.25, 0.3) is 11.8 Å². The molecule has 4 aromatic carbocycles. The maximum atomic E-state index is 14.2. The Bertz CT molecular complexity index is 1650. The van der Waals surface area contributed by atoms with E-state index >= 15 is 0 Å². The predicted molar refractivity (Wildman–Crippen MR) is 152 cm³/mol. The molecule has 0 radical (unpaired) electrons. The molecule has 1 aliphatic carbocycles. The van der Waals surface area contributed by atoms with Gasteiger partial charge < -0.3 is 9.80 Å². The maximum Gasteiger partial charge on any atom is 0.261 e. The first-order valence-corrected chi connectivity index (χ1v) is 13.7. The van der Waals surface area contributed by atoms with Gasteiger partial charge in [0.2, 0.25) is 11.8 Å². The molecule has 40 heavy (non-hydrogen) atoms. The Morgan fingerprint density at radius 2 is 1.35 bits per heavy atom. The summed E-state index contributed by atoms with van der Waals surface area (Å²) in [5.41, 5.74) is 3.12. The smallest absolute Gasteiger partial charge is 0.261 e. The van der Waals surface area contributed by atoms with Crippen molar-refractivity contribution in [1.29, 1.82) is 0 Å². The van der Waals surface area contributed by atoms with Gasteiger partial charge in [-0.2, -0.15) is 0 Å². The Labute approximate surface area is 231 Å². The number of benzene rings is 4. The van der Waals surface area contributed by atoms with Crippen molar-refractivity contribution in [2.75, 3.05) is 16.3 Å². The van der Waals surface area contributed by atoms with E-state index in [0.29, 0.717) is 47.3 Å². The fourth-order valence-electron chi connectivity index (χ4n) is 6.62.